The Morgan fingerprint density at radius 3 is 2.54 bits per heavy atom. The zero-order valence-electron chi connectivity index (χ0n) is 15.8. The molecule has 1 aliphatic rings. The van der Waals surface area contributed by atoms with E-state index in [0.29, 0.717) is 15.7 Å². The van der Waals surface area contributed by atoms with Crippen LogP contribution in [0.15, 0.2) is 53.0 Å². The summed E-state index contributed by atoms with van der Waals surface area (Å²) in [4.78, 5) is 27.3. The molecule has 0 bridgehead atoms. The predicted molar refractivity (Wildman–Crippen MR) is 108 cm³/mol. The Hall–Kier alpha value is -2.85. The lowest BCUT2D eigenvalue weighted by Gasteiger charge is -2.26. The van der Waals surface area contributed by atoms with Gasteiger partial charge in [0.2, 0.25) is 5.54 Å². The number of nitriles is 1. The fourth-order valence-corrected chi connectivity index (χ4v) is 3.47. The first kappa shape index (κ1) is 19.9. The van der Waals surface area contributed by atoms with E-state index in [1.54, 1.807) is 39.0 Å². The second kappa shape index (κ2) is 7.28. The molecule has 1 atom stereocenters. The second-order valence-electron chi connectivity index (χ2n) is 7.53. The van der Waals surface area contributed by atoms with Crippen molar-refractivity contribution in [1.29, 1.82) is 5.26 Å². The van der Waals surface area contributed by atoms with Gasteiger partial charge in [-0.25, -0.2) is 4.79 Å². The van der Waals surface area contributed by atoms with E-state index in [9.17, 15) is 14.9 Å². The van der Waals surface area contributed by atoms with Gasteiger partial charge in [0.25, 0.3) is 5.91 Å². The van der Waals surface area contributed by atoms with Gasteiger partial charge in [-0.2, -0.15) is 5.26 Å². The van der Waals surface area contributed by atoms with Gasteiger partial charge < -0.3 is 9.64 Å². The van der Waals surface area contributed by atoms with Crippen LogP contribution < -0.4 is 10.2 Å². The number of fused-ring (bicyclic) bond motifs is 1. The highest BCUT2D eigenvalue weighted by atomic mass is 79.9. The fraction of sp³-hybridized carbons (Fsp3) is 0.286. The van der Waals surface area contributed by atoms with E-state index in [1.165, 1.54) is 4.90 Å². The van der Waals surface area contributed by atoms with Crippen LogP contribution in [0.4, 0.5) is 10.5 Å². The summed E-state index contributed by atoms with van der Waals surface area (Å²) in [5.74, 6) is -0.516. The molecule has 0 saturated carbocycles. The van der Waals surface area contributed by atoms with E-state index in [-0.39, 0.29) is 6.54 Å². The van der Waals surface area contributed by atoms with E-state index < -0.39 is 23.1 Å². The molecule has 3 rings (SSSR count). The van der Waals surface area contributed by atoms with Gasteiger partial charge in [-0.3, -0.25) is 10.1 Å². The number of carbonyl (C=O) groups excluding carboxylic acids is 2. The van der Waals surface area contributed by atoms with Crippen molar-refractivity contribution in [3.05, 3.63) is 64.1 Å². The number of carbonyl (C=O) groups is 2. The molecular weight excluding hydrogens is 422 g/mol. The van der Waals surface area contributed by atoms with Crippen LogP contribution in [0.1, 0.15) is 31.9 Å². The Bertz CT molecular complexity index is 963. The summed E-state index contributed by atoms with van der Waals surface area (Å²) in [5.41, 5.74) is -0.704. The molecule has 1 heterocycles. The van der Waals surface area contributed by atoms with Gasteiger partial charge in [0, 0.05) is 10.0 Å². The first-order chi connectivity index (χ1) is 13.2. The minimum absolute atomic E-state index is 0.285. The topological polar surface area (TPSA) is 82.4 Å². The third kappa shape index (κ3) is 3.73. The highest BCUT2D eigenvalue weighted by Gasteiger charge is 2.53. The first-order valence-corrected chi connectivity index (χ1v) is 9.54. The molecule has 7 heteroatoms. The molecule has 0 radical (unpaired) electrons. The minimum Gasteiger partial charge on any atom is -0.444 e. The maximum Gasteiger partial charge on any atom is 0.409 e. The third-order valence-corrected chi connectivity index (χ3v) is 4.75. The number of hydrogen-bond donors (Lipinski definition) is 1. The highest BCUT2D eigenvalue weighted by Crippen LogP contribution is 2.42. The van der Waals surface area contributed by atoms with Crippen molar-refractivity contribution < 1.29 is 14.3 Å². The maximum absolute atomic E-state index is 13.4. The van der Waals surface area contributed by atoms with Gasteiger partial charge in [-0.15, -0.1) is 0 Å². The molecule has 1 N–H and O–H groups in total. The number of amides is 2. The summed E-state index contributed by atoms with van der Waals surface area (Å²) in [7, 11) is 0. The van der Waals surface area contributed by atoms with Crippen molar-refractivity contribution in [2.45, 2.75) is 38.5 Å². The lowest BCUT2D eigenvalue weighted by atomic mass is 9.93. The van der Waals surface area contributed by atoms with Crippen LogP contribution in [0.3, 0.4) is 0 Å². The van der Waals surface area contributed by atoms with Gasteiger partial charge in [-0.1, -0.05) is 46.3 Å². The average Bonchev–Trinajstić information content (AvgIpc) is 2.83. The standard InChI is InChI=1S/C21H20BrN3O3/c1-20(2,3)28-19(27)24-21(13-23)16-11-15(22)9-10-17(16)25(18(21)26)12-14-7-5-4-6-8-14/h4-11H,12H2,1-3H3,(H,24,27)/t21-/m0/s1. The Morgan fingerprint density at radius 1 is 1.25 bits per heavy atom. The van der Waals surface area contributed by atoms with Crippen molar-refractivity contribution in [3.8, 4) is 6.07 Å². The smallest absolute Gasteiger partial charge is 0.409 e. The van der Waals surface area contributed by atoms with Crippen LogP contribution in [-0.2, 0) is 21.6 Å². The molecule has 6 nitrogen and oxygen atoms in total. The average molecular weight is 442 g/mol. The molecule has 0 aromatic heterocycles. The van der Waals surface area contributed by atoms with E-state index in [4.69, 9.17) is 4.74 Å². The summed E-state index contributed by atoms with van der Waals surface area (Å²) in [6, 6.07) is 16.7. The number of alkyl carbamates (subject to hydrolysis) is 1. The van der Waals surface area contributed by atoms with E-state index in [1.807, 2.05) is 36.4 Å². The summed E-state index contributed by atoms with van der Waals surface area (Å²) in [6.45, 7) is 5.44. The molecule has 2 aromatic rings. The largest absolute Gasteiger partial charge is 0.444 e. The van der Waals surface area contributed by atoms with Crippen LogP contribution in [0.25, 0.3) is 0 Å². The van der Waals surface area contributed by atoms with Crippen LogP contribution in [-0.4, -0.2) is 17.6 Å². The van der Waals surface area contributed by atoms with Crippen LogP contribution in [0, 0.1) is 11.3 Å². The molecule has 28 heavy (non-hydrogen) atoms. The van der Waals surface area contributed by atoms with Crippen molar-refractivity contribution in [2.24, 2.45) is 0 Å². The zero-order valence-corrected chi connectivity index (χ0v) is 17.4. The SMILES string of the molecule is CC(C)(C)OC(=O)N[C@]1(C#N)C(=O)N(Cc2ccccc2)c2ccc(Br)cc21. The highest BCUT2D eigenvalue weighted by molar-refractivity contribution is 9.10. The number of anilines is 1. The zero-order chi connectivity index (χ0) is 20.5. The molecule has 1 aliphatic heterocycles. The van der Waals surface area contributed by atoms with E-state index in [2.05, 4.69) is 21.2 Å². The quantitative estimate of drug-likeness (QED) is 0.771. The Morgan fingerprint density at radius 2 is 1.93 bits per heavy atom. The van der Waals surface area contributed by atoms with E-state index >= 15 is 0 Å². The molecule has 0 saturated heterocycles. The summed E-state index contributed by atoms with van der Waals surface area (Å²) in [6.07, 6.45) is -0.824. The third-order valence-electron chi connectivity index (χ3n) is 4.26. The summed E-state index contributed by atoms with van der Waals surface area (Å²) in [5, 5.41) is 12.5. The van der Waals surface area contributed by atoms with Gasteiger partial charge >= 0.3 is 6.09 Å². The minimum atomic E-state index is -1.85. The number of halogens is 1. The number of rotatable bonds is 3. The summed E-state index contributed by atoms with van der Waals surface area (Å²) < 4.78 is 5.99. The van der Waals surface area contributed by atoms with Crippen molar-refractivity contribution >= 4 is 33.6 Å². The number of hydrogen-bond acceptors (Lipinski definition) is 4. The molecule has 0 fully saturated rings. The van der Waals surface area contributed by atoms with Crippen LogP contribution in [0.2, 0.25) is 0 Å². The fourth-order valence-electron chi connectivity index (χ4n) is 3.11. The molecule has 0 unspecified atom stereocenters. The monoisotopic (exact) mass is 441 g/mol. The van der Waals surface area contributed by atoms with Crippen molar-refractivity contribution in [2.75, 3.05) is 4.90 Å². The number of nitrogens with one attached hydrogen (secondary N) is 1. The van der Waals surface area contributed by atoms with Gasteiger partial charge in [0.05, 0.1) is 12.2 Å². The van der Waals surface area contributed by atoms with Gasteiger partial charge in [0.15, 0.2) is 0 Å². The van der Waals surface area contributed by atoms with Crippen molar-refractivity contribution in [1.82, 2.24) is 5.32 Å². The van der Waals surface area contributed by atoms with Crippen LogP contribution in [0.5, 0.6) is 0 Å². The molecule has 2 amide bonds. The number of ether oxygens (including phenoxy) is 1. The molecule has 0 aliphatic carbocycles. The second-order valence-corrected chi connectivity index (χ2v) is 8.44. The molecule has 2 aromatic carbocycles. The number of nitrogens with zero attached hydrogens (tertiary/aromatic N) is 2. The lowest BCUT2D eigenvalue weighted by Crippen LogP contribution is -2.53. The lowest BCUT2D eigenvalue weighted by molar-refractivity contribution is -0.122. The Balaban J connectivity index is 2.03. The van der Waals surface area contributed by atoms with Gasteiger partial charge in [0.1, 0.15) is 11.7 Å². The Labute approximate surface area is 172 Å². The normalized spacial score (nSPS) is 18.4. The first-order valence-electron chi connectivity index (χ1n) is 8.74. The number of benzene rings is 2. The molecule has 144 valence electrons. The van der Waals surface area contributed by atoms with Gasteiger partial charge in [-0.05, 0) is 44.5 Å². The van der Waals surface area contributed by atoms with E-state index in [0.717, 1.165) is 5.56 Å². The Kier molecular flexibility index (Phi) is 5.18. The molecular formula is C21H20BrN3O3. The molecule has 0 spiro atoms. The predicted octanol–water partition coefficient (Wildman–Crippen LogP) is 4.24. The van der Waals surface area contributed by atoms with Crippen LogP contribution >= 0.6 is 15.9 Å². The van der Waals surface area contributed by atoms with Crippen molar-refractivity contribution in [3.63, 3.8) is 0 Å². The summed E-state index contributed by atoms with van der Waals surface area (Å²) >= 11 is 3.38. The maximum atomic E-state index is 13.4.